The van der Waals surface area contributed by atoms with E-state index in [1.54, 1.807) is 24.3 Å². The number of phenolic OH excluding ortho intramolecular Hbond substituents is 1. The number of benzene rings is 3. The van der Waals surface area contributed by atoms with Crippen molar-refractivity contribution in [1.82, 2.24) is 0 Å². The first-order chi connectivity index (χ1) is 13.6. The molecule has 0 atom stereocenters. The van der Waals surface area contributed by atoms with Crippen LogP contribution in [-0.4, -0.2) is 29.9 Å². The van der Waals surface area contributed by atoms with Crippen LogP contribution in [0.15, 0.2) is 60.7 Å². The maximum absolute atomic E-state index is 12.9. The number of aromatic hydroxyl groups is 1. The quantitative estimate of drug-likeness (QED) is 0.316. The van der Waals surface area contributed by atoms with Crippen LogP contribution in [0.1, 0.15) is 31.8 Å². The molecule has 0 bridgehead atoms. The number of nitrogen functional groups attached to an aromatic ring is 1. The van der Waals surface area contributed by atoms with E-state index in [9.17, 15) is 14.7 Å². The van der Waals surface area contributed by atoms with Crippen LogP contribution in [0.5, 0.6) is 17.2 Å². The predicted octanol–water partition coefficient (Wildman–Crippen LogP) is 3.21. The molecule has 6 nitrogen and oxygen atoms in total. The van der Waals surface area contributed by atoms with Crippen molar-refractivity contribution >= 4 is 17.3 Å². The van der Waals surface area contributed by atoms with E-state index < -0.39 is 11.6 Å². The van der Waals surface area contributed by atoms with E-state index in [1.807, 2.05) is 30.3 Å². The number of fused-ring (bicyclic) bond motifs is 2. The van der Waals surface area contributed by atoms with Gasteiger partial charge in [0.25, 0.3) is 0 Å². The molecule has 0 aliphatic heterocycles. The smallest absolute Gasteiger partial charge is 0.198 e. The molecular formula is C22H17NO5. The molecule has 6 heteroatoms. The summed E-state index contributed by atoms with van der Waals surface area (Å²) in [5, 5.41) is 10.4. The van der Waals surface area contributed by atoms with Gasteiger partial charge in [-0.1, -0.05) is 42.5 Å². The molecule has 3 aromatic carbocycles. The van der Waals surface area contributed by atoms with Gasteiger partial charge in [0.1, 0.15) is 30.5 Å². The fourth-order valence-corrected chi connectivity index (χ4v) is 3.22. The van der Waals surface area contributed by atoms with Gasteiger partial charge in [-0.25, -0.2) is 0 Å². The zero-order valence-electron chi connectivity index (χ0n) is 14.8. The third kappa shape index (κ3) is 2.95. The molecule has 0 amide bonds. The Morgan fingerprint density at radius 2 is 1.36 bits per heavy atom. The molecule has 0 saturated heterocycles. The Kier molecular flexibility index (Phi) is 4.45. The van der Waals surface area contributed by atoms with Crippen LogP contribution >= 0.6 is 0 Å². The van der Waals surface area contributed by atoms with Gasteiger partial charge in [0.2, 0.25) is 0 Å². The van der Waals surface area contributed by atoms with Gasteiger partial charge in [0, 0.05) is 17.2 Å². The number of carbonyl (C=O) groups is 2. The van der Waals surface area contributed by atoms with Crippen molar-refractivity contribution < 1.29 is 24.2 Å². The molecule has 1 aliphatic carbocycles. The van der Waals surface area contributed by atoms with Gasteiger partial charge in [-0.3, -0.25) is 9.59 Å². The van der Waals surface area contributed by atoms with Crippen LogP contribution < -0.4 is 15.2 Å². The van der Waals surface area contributed by atoms with Crippen molar-refractivity contribution in [3.8, 4) is 17.2 Å². The predicted molar refractivity (Wildman–Crippen MR) is 103 cm³/mol. The number of ether oxygens (including phenoxy) is 2. The van der Waals surface area contributed by atoms with Gasteiger partial charge in [-0.15, -0.1) is 0 Å². The Morgan fingerprint density at radius 3 is 2.04 bits per heavy atom. The van der Waals surface area contributed by atoms with Crippen molar-refractivity contribution in [2.75, 3.05) is 18.9 Å². The highest BCUT2D eigenvalue weighted by Gasteiger charge is 2.35. The number of hydrogen-bond acceptors (Lipinski definition) is 6. The molecule has 0 radical (unpaired) electrons. The molecule has 140 valence electrons. The third-order valence-corrected chi connectivity index (χ3v) is 4.53. The molecule has 0 spiro atoms. The van der Waals surface area contributed by atoms with Crippen LogP contribution in [0.2, 0.25) is 0 Å². The number of phenols is 1. The average Bonchev–Trinajstić information content (AvgIpc) is 2.72. The van der Waals surface area contributed by atoms with Crippen LogP contribution in [0, 0.1) is 0 Å². The lowest BCUT2D eigenvalue weighted by molar-refractivity contribution is 0.0977. The van der Waals surface area contributed by atoms with E-state index in [0.717, 1.165) is 0 Å². The maximum Gasteiger partial charge on any atom is 0.198 e. The Bertz CT molecular complexity index is 1080. The van der Waals surface area contributed by atoms with Crippen molar-refractivity contribution in [3.05, 3.63) is 82.9 Å². The standard InChI is InChI=1S/C22H17NO5/c23-20-17(28-11-10-27-13-6-2-1-3-7-13)12-16(24)18-19(20)22(26)15-9-5-4-8-14(15)21(18)25/h1-9,12,24H,10-11,23H2. The molecule has 0 fully saturated rings. The van der Waals surface area contributed by atoms with E-state index in [0.29, 0.717) is 5.75 Å². The molecule has 4 rings (SSSR count). The monoisotopic (exact) mass is 375 g/mol. The average molecular weight is 375 g/mol. The summed E-state index contributed by atoms with van der Waals surface area (Å²) in [4.78, 5) is 25.6. The second-order valence-electron chi connectivity index (χ2n) is 6.27. The zero-order chi connectivity index (χ0) is 19.7. The summed E-state index contributed by atoms with van der Waals surface area (Å²) in [7, 11) is 0. The largest absolute Gasteiger partial charge is 0.507 e. The first-order valence-electron chi connectivity index (χ1n) is 8.72. The number of rotatable bonds is 5. The van der Waals surface area contributed by atoms with E-state index in [4.69, 9.17) is 15.2 Å². The van der Waals surface area contributed by atoms with E-state index in [2.05, 4.69) is 0 Å². The SMILES string of the molecule is Nc1c(OCCOc2ccccc2)cc(O)c2c1C(=O)c1ccccc1C2=O. The van der Waals surface area contributed by atoms with Gasteiger partial charge in [-0.2, -0.15) is 0 Å². The van der Waals surface area contributed by atoms with E-state index >= 15 is 0 Å². The molecular weight excluding hydrogens is 358 g/mol. The summed E-state index contributed by atoms with van der Waals surface area (Å²) in [6.07, 6.45) is 0. The molecule has 28 heavy (non-hydrogen) atoms. The minimum Gasteiger partial charge on any atom is -0.507 e. The molecule has 1 aliphatic rings. The Labute approximate surface area is 161 Å². The summed E-state index contributed by atoms with van der Waals surface area (Å²) in [5.41, 5.74) is 6.55. The van der Waals surface area contributed by atoms with Crippen LogP contribution in [0.4, 0.5) is 5.69 Å². The minimum atomic E-state index is -0.437. The van der Waals surface area contributed by atoms with Crippen molar-refractivity contribution in [1.29, 1.82) is 0 Å². The van der Waals surface area contributed by atoms with Gasteiger partial charge in [0.05, 0.1) is 16.8 Å². The number of carbonyl (C=O) groups excluding carboxylic acids is 2. The molecule has 3 aromatic rings. The first-order valence-corrected chi connectivity index (χ1v) is 8.72. The fourth-order valence-electron chi connectivity index (χ4n) is 3.22. The lowest BCUT2D eigenvalue weighted by Crippen LogP contribution is -2.23. The number of hydrogen-bond donors (Lipinski definition) is 2. The fraction of sp³-hybridized carbons (Fsp3) is 0.0909. The zero-order valence-corrected chi connectivity index (χ0v) is 14.8. The minimum absolute atomic E-state index is 0.0253. The van der Waals surface area contributed by atoms with Gasteiger partial charge in [0.15, 0.2) is 11.6 Å². The molecule has 0 saturated carbocycles. The number of anilines is 1. The highest BCUT2D eigenvalue weighted by atomic mass is 16.5. The van der Waals surface area contributed by atoms with Crippen molar-refractivity contribution in [3.63, 3.8) is 0 Å². The lowest BCUT2D eigenvalue weighted by atomic mass is 9.82. The summed E-state index contributed by atoms with van der Waals surface area (Å²) in [6, 6.07) is 17.0. The maximum atomic E-state index is 12.9. The normalized spacial score (nSPS) is 12.3. The summed E-state index contributed by atoms with van der Waals surface area (Å²) in [5.74, 6) is -0.355. The van der Waals surface area contributed by atoms with Gasteiger partial charge in [-0.05, 0) is 12.1 Å². The van der Waals surface area contributed by atoms with Gasteiger partial charge >= 0.3 is 0 Å². The van der Waals surface area contributed by atoms with E-state index in [-0.39, 0.29) is 52.7 Å². The summed E-state index contributed by atoms with van der Waals surface area (Å²) >= 11 is 0. The van der Waals surface area contributed by atoms with Crippen LogP contribution in [-0.2, 0) is 0 Å². The van der Waals surface area contributed by atoms with Gasteiger partial charge < -0.3 is 20.3 Å². The molecule has 3 N–H and O–H groups in total. The Balaban J connectivity index is 1.59. The van der Waals surface area contributed by atoms with Crippen molar-refractivity contribution in [2.45, 2.75) is 0 Å². The molecule has 0 unspecified atom stereocenters. The summed E-state index contributed by atoms with van der Waals surface area (Å²) in [6.45, 7) is 0.396. The first kappa shape index (κ1) is 17.6. The lowest BCUT2D eigenvalue weighted by Gasteiger charge is -2.21. The number of ketones is 2. The topological polar surface area (TPSA) is 98.8 Å². The third-order valence-electron chi connectivity index (χ3n) is 4.53. The van der Waals surface area contributed by atoms with E-state index in [1.165, 1.54) is 6.07 Å². The van der Waals surface area contributed by atoms with Crippen molar-refractivity contribution in [2.24, 2.45) is 0 Å². The number of nitrogens with two attached hydrogens (primary N) is 1. The highest BCUT2D eigenvalue weighted by molar-refractivity contribution is 6.31. The number of para-hydroxylation sites is 1. The Hall–Kier alpha value is -3.80. The Morgan fingerprint density at radius 1 is 0.786 bits per heavy atom. The molecule has 0 aromatic heterocycles. The second kappa shape index (κ2) is 7.08. The van der Waals surface area contributed by atoms with Crippen LogP contribution in [0.3, 0.4) is 0 Å². The second-order valence-corrected chi connectivity index (χ2v) is 6.27. The van der Waals surface area contributed by atoms with Crippen LogP contribution in [0.25, 0.3) is 0 Å². The summed E-state index contributed by atoms with van der Waals surface area (Å²) < 4.78 is 11.1. The molecule has 0 heterocycles. The highest BCUT2D eigenvalue weighted by Crippen LogP contribution is 2.41.